The van der Waals surface area contributed by atoms with Gasteiger partial charge in [0.15, 0.2) is 18.3 Å². The molecule has 1 rings (SSSR count). The van der Waals surface area contributed by atoms with Crippen molar-refractivity contribution >= 4 is 5.69 Å². The van der Waals surface area contributed by atoms with E-state index in [-0.39, 0.29) is 5.75 Å². The highest BCUT2D eigenvalue weighted by Gasteiger charge is 2.27. The van der Waals surface area contributed by atoms with Crippen LogP contribution in [0.1, 0.15) is 0 Å². The maximum absolute atomic E-state index is 11.8. The second kappa shape index (κ2) is 5.62. The number of benzene rings is 1. The fraction of sp³-hybridized carbons (Fsp3) is 0.400. The summed E-state index contributed by atoms with van der Waals surface area (Å²) in [5, 5.41) is 0. The molecule has 4 nitrogen and oxygen atoms in total. The van der Waals surface area contributed by atoms with Crippen molar-refractivity contribution in [3.63, 3.8) is 0 Å². The van der Waals surface area contributed by atoms with E-state index < -0.39 is 19.6 Å². The standard InChI is InChI=1S/C10H12F3NO3/c1-15-8-3-2-7(14)4-9(8)17-6-16-5-10(11,12)13/h2-4H,5-6,14H2,1H3. The van der Waals surface area contributed by atoms with Crippen LogP contribution >= 0.6 is 0 Å². The predicted octanol–water partition coefficient (Wildman–Crippen LogP) is 2.19. The normalized spacial score (nSPS) is 11.3. The fourth-order valence-corrected chi connectivity index (χ4v) is 1.07. The quantitative estimate of drug-likeness (QED) is 0.495. The molecule has 0 aliphatic heterocycles. The van der Waals surface area contributed by atoms with Crippen LogP contribution in [-0.2, 0) is 4.74 Å². The van der Waals surface area contributed by atoms with E-state index in [0.29, 0.717) is 11.4 Å². The third-order valence-electron chi connectivity index (χ3n) is 1.75. The van der Waals surface area contributed by atoms with Crippen LogP contribution in [-0.4, -0.2) is 26.7 Å². The van der Waals surface area contributed by atoms with Gasteiger partial charge in [-0.05, 0) is 12.1 Å². The Balaban J connectivity index is 2.48. The van der Waals surface area contributed by atoms with Crippen LogP contribution in [0.5, 0.6) is 11.5 Å². The molecular weight excluding hydrogens is 239 g/mol. The van der Waals surface area contributed by atoms with Crippen LogP contribution in [0, 0.1) is 0 Å². The number of halogens is 3. The van der Waals surface area contributed by atoms with Gasteiger partial charge < -0.3 is 19.9 Å². The second-order valence-electron chi connectivity index (χ2n) is 3.14. The third-order valence-corrected chi connectivity index (χ3v) is 1.75. The number of anilines is 1. The molecule has 0 saturated carbocycles. The second-order valence-corrected chi connectivity index (χ2v) is 3.14. The molecule has 96 valence electrons. The van der Waals surface area contributed by atoms with Crippen LogP contribution in [0.25, 0.3) is 0 Å². The molecular formula is C10H12F3NO3. The topological polar surface area (TPSA) is 53.7 Å². The van der Waals surface area contributed by atoms with Crippen LogP contribution < -0.4 is 15.2 Å². The molecule has 0 heterocycles. The third kappa shape index (κ3) is 4.81. The van der Waals surface area contributed by atoms with Crippen LogP contribution in [0.3, 0.4) is 0 Å². The summed E-state index contributed by atoms with van der Waals surface area (Å²) in [5.74, 6) is 0.601. The highest BCUT2D eigenvalue weighted by Crippen LogP contribution is 2.29. The van der Waals surface area contributed by atoms with E-state index in [4.69, 9.17) is 15.2 Å². The van der Waals surface area contributed by atoms with Gasteiger partial charge in [-0.15, -0.1) is 0 Å². The summed E-state index contributed by atoms with van der Waals surface area (Å²) in [6.45, 7) is -1.89. The number of hydrogen-bond donors (Lipinski definition) is 1. The average Bonchev–Trinajstić information content (AvgIpc) is 2.23. The fourth-order valence-electron chi connectivity index (χ4n) is 1.07. The van der Waals surface area contributed by atoms with E-state index in [0.717, 1.165) is 0 Å². The molecule has 0 unspecified atom stereocenters. The molecule has 0 spiro atoms. The van der Waals surface area contributed by atoms with Gasteiger partial charge in [-0.1, -0.05) is 0 Å². The zero-order valence-electron chi connectivity index (χ0n) is 9.08. The zero-order chi connectivity index (χ0) is 12.9. The van der Waals surface area contributed by atoms with Gasteiger partial charge in [0.25, 0.3) is 0 Å². The minimum absolute atomic E-state index is 0.231. The molecule has 0 aliphatic carbocycles. The molecule has 17 heavy (non-hydrogen) atoms. The van der Waals surface area contributed by atoms with Crippen molar-refractivity contribution in [3.8, 4) is 11.5 Å². The molecule has 0 bridgehead atoms. The number of hydrogen-bond acceptors (Lipinski definition) is 4. The Morgan fingerprint density at radius 3 is 2.53 bits per heavy atom. The molecule has 0 amide bonds. The summed E-state index contributed by atoms with van der Waals surface area (Å²) in [7, 11) is 1.41. The lowest BCUT2D eigenvalue weighted by Crippen LogP contribution is -2.19. The van der Waals surface area contributed by atoms with Gasteiger partial charge in [0.1, 0.15) is 6.61 Å². The van der Waals surface area contributed by atoms with Gasteiger partial charge in [-0.2, -0.15) is 13.2 Å². The molecule has 1 aromatic carbocycles. The van der Waals surface area contributed by atoms with Crippen molar-refractivity contribution in [2.45, 2.75) is 6.18 Å². The Bertz CT molecular complexity index is 368. The number of rotatable bonds is 5. The molecule has 0 atom stereocenters. The van der Waals surface area contributed by atoms with Crippen molar-refractivity contribution in [2.24, 2.45) is 0 Å². The summed E-state index contributed by atoms with van der Waals surface area (Å²) in [5.41, 5.74) is 5.91. The summed E-state index contributed by atoms with van der Waals surface area (Å²) in [6.07, 6.45) is -4.37. The average molecular weight is 251 g/mol. The Hall–Kier alpha value is -1.63. The van der Waals surface area contributed by atoms with Gasteiger partial charge in [-0.3, -0.25) is 0 Å². The maximum Gasteiger partial charge on any atom is 0.411 e. The van der Waals surface area contributed by atoms with Crippen LogP contribution in [0.15, 0.2) is 18.2 Å². The Kier molecular flexibility index (Phi) is 4.45. The van der Waals surface area contributed by atoms with E-state index in [1.54, 1.807) is 12.1 Å². The van der Waals surface area contributed by atoms with Crippen molar-refractivity contribution in [2.75, 3.05) is 26.2 Å². The first-order valence-corrected chi connectivity index (χ1v) is 4.63. The van der Waals surface area contributed by atoms with Gasteiger partial charge in [0.2, 0.25) is 0 Å². The summed E-state index contributed by atoms with van der Waals surface area (Å²) in [6, 6.07) is 4.58. The first-order chi connectivity index (χ1) is 7.92. The van der Waals surface area contributed by atoms with E-state index in [1.165, 1.54) is 13.2 Å². The summed E-state index contributed by atoms with van der Waals surface area (Å²) < 4.78 is 49.5. The molecule has 0 fully saturated rings. The highest BCUT2D eigenvalue weighted by atomic mass is 19.4. The lowest BCUT2D eigenvalue weighted by molar-refractivity contribution is -0.186. The van der Waals surface area contributed by atoms with Gasteiger partial charge in [0, 0.05) is 11.8 Å². The van der Waals surface area contributed by atoms with E-state index in [9.17, 15) is 13.2 Å². The molecule has 7 heteroatoms. The smallest absolute Gasteiger partial charge is 0.411 e. The predicted molar refractivity (Wildman–Crippen MR) is 54.9 cm³/mol. The number of alkyl halides is 3. The maximum atomic E-state index is 11.8. The first kappa shape index (κ1) is 13.4. The van der Waals surface area contributed by atoms with Crippen molar-refractivity contribution in [1.82, 2.24) is 0 Å². The number of nitrogens with two attached hydrogens (primary N) is 1. The number of methoxy groups -OCH3 is 1. The zero-order valence-corrected chi connectivity index (χ0v) is 9.08. The largest absolute Gasteiger partial charge is 0.493 e. The van der Waals surface area contributed by atoms with Crippen LogP contribution in [0.2, 0.25) is 0 Å². The highest BCUT2D eigenvalue weighted by molar-refractivity contribution is 5.51. The van der Waals surface area contributed by atoms with Crippen molar-refractivity contribution in [3.05, 3.63) is 18.2 Å². The SMILES string of the molecule is COc1ccc(N)cc1OCOCC(F)(F)F. The van der Waals surface area contributed by atoms with E-state index >= 15 is 0 Å². The van der Waals surface area contributed by atoms with Gasteiger partial charge in [0.05, 0.1) is 7.11 Å². The van der Waals surface area contributed by atoms with Crippen molar-refractivity contribution in [1.29, 1.82) is 0 Å². The van der Waals surface area contributed by atoms with E-state index in [2.05, 4.69) is 4.74 Å². The molecule has 0 aromatic heterocycles. The minimum atomic E-state index is -4.37. The summed E-state index contributed by atoms with van der Waals surface area (Å²) >= 11 is 0. The Morgan fingerprint density at radius 2 is 1.94 bits per heavy atom. The Morgan fingerprint density at radius 1 is 1.24 bits per heavy atom. The first-order valence-electron chi connectivity index (χ1n) is 4.63. The lowest BCUT2D eigenvalue weighted by Gasteiger charge is -2.12. The van der Waals surface area contributed by atoms with E-state index in [1.807, 2.05) is 0 Å². The monoisotopic (exact) mass is 251 g/mol. The Labute approximate surface area is 96.1 Å². The minimum Gasteiger partial charge on any atom is -0.493 e. The molecule has 0 radical (unpaired) electrons. The van der Waals surface area contributed by atoms with Crippen molar-refractivity contribution < 1.29 is 27.4 Å². The van der Waals surface area contributed by atoms with Crippen LogP contribution in [0.4, 0.5) is 18.9 Å². The molecule has 0 saturated heterocycles. The number of ether oxygens (including phenoxy) is 3. The molecule has 1 aromatic rings. The van der Waals surface area contributed by atoms with Gasteiger partial charge >= 0.3 is 6.18 Å². The number of nitrogen functional groups attached to an aromatic ring is 1. The summed E-state index contributed by atoms with van der Waals surface area (Å²) in [4.78, 5) is 0. The molecule has 2 N–H and O–H groups in total. The lowest BCUT2D eigenvalue weighted by atomic mass is 10.3. The van der Waals surface area contributed by atoms with Gasteiger partial charge in [-0.25, -0.2) is 0 Å². The molecule has 0 aliphatic rings.